The van der Waals surface area contributed by atoms with Crippen molar-refractivity contribution in [2.45, 2.75) is 45.7 Å². The number of hydrogen-bond donors (Lipinski definition) is 1. The van der Waals surface area contributed by atoms with Gasteiger partial charge in [0.05, 0.1) is 34.2 Å². The van der Waals surface area contributed by atoms with Gasteiger partial charge in [0.1, 0.15) is 0 Å². The summed E-state index contributed by atoms with van der Waals surface area (Å²) in [6.07, 6.45) is 4.24. The van der Waals surface area contributed by atoms with Crippen LogP contribution in [0.25, 0.3) is 16.5 Å². The lowest BCUT2D eigenvalue weighted by Crippen LogP contribution is -2.33. The molecular weight excluding hydrogens is 570 g/mol. The van der Waals surface area contributed by atoms with Crippen LogP contribution < -0.4 is 15.1 Å². The van der Waals surface area contributed by atoms with Gasteiger partial charge in [-0.25, -0.2) is 0 Å². The highest BCUT2D eigenvalue weighted by Crippen LogP contribution is 2.45. The van der Waals surface area contributed by atoms with Crippen LogP contribution in [0.4, 0.5) is 11.4 Å². The summed E-state index contributed by atoms with van der Waals surface area (Å²) in [6.45, 7) is 8.80. The standard InChI is InChI=1S/C36H36ClN5S/c1-23-16-19-40(20-17-23)33-15-14-27(22-30(33)37)42-35(34(39-36(42)43)31-12-6-7-18-38-31)29-21-24(2)41(25(29)3)32-13-8-10-26-9-4-5-11-28(26)32/h4-15,18,21-23,34-35H,16-17,19-20H2,1-3H3,(H,39,43)/t34-,35+/m1/s1. The molecule has 7 heteroatoms. The van der Waals surface area contributed by atoms with Gasteiger partial charge in [0.25, 0.3) is 0 Å². The van der Waals surface area contributed by atoms with Gasteiger partial charge in [-0.2, -0.15) is 0 Å². The number of piperidine rings is 1. The molecule has 7 rings (SSSR count). The maximum absolute atomic E-state index is 7.02. The first-order valence-electron chi connectivity index (χ1n) is 15.1. The summed E-state index contributed by atoms with van der Waals surface area (Å²) >= 11 is 13.1. The van der Waals surface area contributed by atoms with Gasteiger partial charge in [0.2, 0.25) is 0 Å². The first-order valence-corrected chi connectivity index (χ1v) is 15.9. The molecule has 1 N–H and O–H groups in total. The Hall–Kier alpha value is -3.87. The third-order valence-electron chi connectivity index (χ3n) is 9.23. The normalized spacial score (nSPS) is 19.3. The predicted molar refractivity (Wildman–Crippen MR) is 183 cm³/mol. The van der Waals surface area contributed by atoms with Gasteiger partial charge in [-0.3, -0.25) is 4.98 Å². The molecule has 43 heavy (non-hydrogen) atoms. The van der Waals surface area contributed by atoms with Crippen LogP contribution in [-0.2, 0) is 0 Å². The Morgan fingerprint density at radius 2 is 1.65 bits per heavy atom. The summed E-state index contributed by atoms with van der Waals surface area (Å²) in [7, 11) is 0. The molecule has 4 heterocycles. The Morgan fingerprint density at radius 1 is 0.884 bits per heavy atom. The molecule has 2 saturated heterocycles. The average Bonchev–Trinajstić information content (AvgIpc) is 3.52. The lowest BCUT2D eigenvalue weighted by Gasteiger charge is -2.33. The highest BCUT2D eigenvalue weighted by molar-refractivity contribution is 7.80. The number of halogens is 1. The first-order chi connectivity index (χ1) is 20.9. The van der Waals surface area contributed by atoms with Crippen molar-refractivity contribution in [3.05, 3.63) is 119 Å². The van der Waals surface area contributed by atoms with Crippen LogP contribution in [-0.4, -0.2) is 27.8 Å². The molecule has 0 saturated carbocycles. The molecule has 2 atom stereocenters. The Morgan fingerprint density at radius 3 is 2.42 bits per heavy atom. The summed E-state index contributed by atoms with van der Waals surface area (Å²) in [4.78, 5) is 9.42. The molecule has 0 aliphatic carbocycles. The average molecular weight is 606 g/mol. The van der Waals surface area contributed by atoms with Crippen molar-refractivity contribution in [1.29, 1.82) is 0 Å². The zero-order valence-corrected chi connectivity index (χ0v) is 26.4. The Labute approximate surface area is 264 Å². The van der Waals surface area contributed by atoms with Crippen LogP contribution in [0.5, 0.6) is 0 Å². The number of nitrogens with zero attached hydrogens (tertiary/aromatic N) is 4. The van der Waals surface area contributed by atoms with Gasteiger partial charge in [0, 0.05) is 41.7 Å². The van der Waals surface area contributed by atoms with Crippen molar-refractivity contribution < 1.29 is 0 Å². The molecule has 0 unspecified atom stereocenters. The minimum absolute atomic E-state index is 0.116. The zero-order chi connectivity index (χ0) is 29.7. The summed E-state index contributed by atoms with van der Waals surface area (Å²) in [5.41, 5.74) is 7.78. The van der Waals surface area contributed by atoms with Crippen molar-refractivity contribution in [3.8, 4) is 5.69 Å². The monoisotopic (exact) mass is 605 g/mol. The van der Waals surface area contributed by atoms with Gasteiger partial charge >= 0.3 is 0 Å². The van der Waals surface area contributed by atoms with Gasteiger partial charge in [-0.1, -0.05) is 61.0 Å². The minimum atomic E-state index is -0.128. The first kappa shape index (κ1) is 27.9. The van der Waals surface area contributed by atoms with E-state index in [4.69, 9.17) is 28.8 Å². The van der Waals surface area contributed by atoms with Gasteiger partial charge < -0.3 is 19.7 Å². The van der Waals surface area contributed by atoms with Crippen molar-refractivity contribution >= 4 is 51.1 Å². The van der Waals surface area contributed by atoms with Crippen molar-refractivity contribution in [2.75, 3.05) is 22.9 Å². The molecule has 0 amide bonds. The lowest BCUT2D eigenvalue weighted by molar-refractivity contribution is 0.438. The number of rotatable bonds is 5. The van der Waals surface area contributed by atoms with E-state index in [0.717, 1.165) is 41.1 Å². The fraction of sp³-hybridized carbons (Fsp3) is 0.278. The van der Waals surface area contributed by atoms with E-state index in [1.807, 2.05) is 18.3 Å². The number of aromatic nitrogens is 2. The van der Waals surface area contributed by atoms with Crippen molar-refractivity contribution in [1.82, 2.24) is 14.9 Å². The molecule has 2 aromatic heterocycles. The quantitative estimate of drug-likeness (QED) is 0.203. The summed E-state index contributed by atoms with van der Waals surface area (Å²) in [5, 5.41) is 7.51. The third-order valence-corrected chi connectivity index (χ3v) is 9.85. The SMILES string of the molecule is Cc1cc([C@H]2[C@@H](c3ccccn3)NC(=S)N2c2ccc(N3CCC(C)CC3)c(Cl)c2)c(C)n1-c1cccc2ccccc12. The lowest BCUT2D eigenvalue weighted by atomic mass is 9.96. The fourth-order valence-electron chi connectivity index (χ4n) is 6.96. The van der Waals surface area contributed by atoms with Crippen LogP contribution in [0, 0.1) is 19.8 Å². The van der Waals surface area contributed by atoms with Gasteiger partial charge in [-0.15, -0.1) is 0 Å². The highest BCUT2D eigenvalue weighted by Gasteiger charge is 2.42. The number of fused-ring (bicyclic) bond motifs is 1. The zero-order valence-electron chi connectivity index (χ0n) is 24.8. The van der Waals surface area contributed by atoms with E-state index in [-0.39, 0.29) is 12.1 Å². The van der Waals surface area contributed by atoms with Crippen LogP contribution in [0.2, 0.25) is 5.02 Å². The van der Waals surface area contributed by atoms with Crippen LogP contribution in [0.3, 0.4) is 0 Å². The number of benzene rings is 3. The number of thiocarbonyl (C=S) groups is 1. The summed E-state index contributed by atoms with van der Waals surface area (Å²) in [5.74, 6) is 0.763. The number of hydrogen-bond acceptors (Lipinski definition) is 3. The maximum atomic E-state index is 7.02. The topological polar surface area (TPSA) is 36.3 Å². The molecule has 218 valence electrons. The van der Waals surface area contributed by atoms with E-state index < -0.39 is 0 Å². The Balaban J connectivity index is 1.34. The fourth-order valence-corrected chi connectivity index (χ4v) is 7.60. The molecule has 5 aromatic rings. The molecular formula is C36H36ClN5S. The molecule has 2 fully saturated rings. The van der Waals surface area contributed by atoms with Crippen LogP contribution >= 0.6 is 23.8 Å². The highest BCUT2D eigenvalue weighted by atomic mass is 35.5. The Kier molecular flexibility index (Phi) is 7.36. The van der Waals surface area contributed by atoms with E-state index >= 15 is 0 Å². The molecule has 0 radical (unpaired) electrons. The molecule has 3 aromatic carbocycles. The number of nitrogens with one attached hydrogen (secondary N) is 1. The molecule has 2 aliphatic rings. The summed E-state index contributed by atoms with van der Waals surface area (Å²) in [6, 6.07) is 29.6. The van der Waals surface area contributed by atoms with Crippen LogP contribution in [0.15, 0.2) is 91.1 Å². The maximum Gasteiger partial charge on any atom is 0.174 e. The van der Waals surface area contributed by atoms with E-state index in [0.29, 0.717) is 5.11 Å². The van der Waals surface area contributed by atoms with E-state index in [1.165, 1.54) is 46.3 Å². The van der Waals surface area contributed by atoms with Crippen LogP contribution in [0.1, 0.15) is 54.5 Å². The second-order valence-corrected chi connectivity index (χ2v) is 12.8. The largest absolute Gasteiger partial charge is 0.370 e. The molecule has 0 spiro atoms. The third kappa shape index (κ3) is 4.96. The number of pyridine rings is 1. The van der Waals surface area contributed by atoms with E-state index in [2.05, 4.69) is 113 Å². The molecule has 0 bridgehead atoms. The smallest absolute Gasteiger partial charge is 0.174 e. The second kappa shape index (κ2) is 11.3. The molecule has 2 aliphatic heterocycles. The molecule has 5 nitrogen and oxygen atoms in total. The summed E-state index contributed by atoms with van der Waals surface area (Å²) < 4.78 is 2.38. The Bertz CT molecular complexity index is 1800. The van der Waals surface area contributed by atoms with Crippen molar-refractivity contribution in [3.63, 3.8) is 0 Å². The van der Waals surface area contributed by atoms with E-state index in [1.54, 1.807) is 0 Å². The predicted octanol–water partition coefficient (Wildman–Crippen LogP) is 8.71. The second-order valence-electron chi connectivity index (χ2n) is 12.0. The van der Waals surface area contributed by atoms with Crippen molar-refractivity contribution in [2.24, 2.45) is 5.92 Å². The van der Waals surface area contributed by atoms with Gasteiger partial charge in [0.15, 0.2) is 5.11 Å². The number of aryl methyl sites for hydroxylation is 1. The van der Waals surface area contributed by atoms with Gasteiger partial charge in [-0.05, 0) is 98.2 Å². The minimum Gasteiger partial charge on any atom is -0.370 e. The van der Waals surface area contributed by atoms with E-state index in [9.17, 15) is 0 Å². The number of anilines is 2.